The van der Waals surface area contributed by atoms with Crippen LogP contribution in [0.15, 0.2) is 29.3 Å². The van der Waals surface area contributed by atoms with Crippen LogP contribution in [-0.2, 0) is 9.59 Å². The second-order valence-corrected chi connectivity index (χ2v) is 6.01. The van der Waals surface area contributed by atoms with Crippen molar-refractivity contribution in [2.45, 2.75) is 32.7 Å². The van der Waals surface area contributed by atoms with Gasteiger partial charge in [-0.2, -0.15) is 5.26 Å². The van der Waals surface area contributed by atoms with E-state index in [2.05, 4.69) is 4.99 Å². The molecule has 0 bridgehead atoms. The molecule has 2 amide bonds. The van der Waals surface area contributed by atoms with Gasteiger partial charge in [0.05, 0.1) is 23.7 Å². The zero-order chi connectivity index (χ0) is 18.1. The van der Waals surface area contributed by atoms with Crippen LogP contribution in [0.4, 0.5) is 5.69 Å². The first-order valence-corrected chi connectivity index (χ1v) is 7.41. The summed E-state index contributed by atoms with van der Waals surface area (Å²) in [6, 6.07) is 8.00. The number of likely N-dealkylation sites (tertiary alicyclic amines) is 1. The summed E-state index contributed by atoms with van der Waals surface area (Å²) in [4.78, 5) is 41.1. The third-order valence-corrected chi connectivity index (χ3v) is 4.22. The van der Waals surface area contributed by atoms with Crippen LogP contribution in [0, 0.1) is 17.2 Å². The standard InChI is InChI=1S/C17H17N3O4/c1-10(2)17(3,9-18)20-14(21)8-13(15(20)22)19-12-7-5-4-6-11(12)16(23)24/h4-7,10H,8H2,1-3H3,(H,23,24). The second-order valence-electron chi connectivity index (χ2n) is 6.01. The first-order chi connectivity index (χ1) is 11.2. The fourth-order valence-corrected chi connectivity index (χ4v) is 2.43. The minimum atomic E-state index is -1.28. The molecule has 1 unspecified atom stereocenters. The maximum absolute atomic E-state index is 12.6. The van der Waals surface area contributed by atoms with Gasteiger partial charge in [0.15, 0.2) is 0 Å². The number of aromatic carboxylic acids is 1. The number of nitriles is 1. The molecule has 7 nitrogen and oxygen atoms in total. The third kappa shape index (κ3) is 2.78. The Morgan fingerprint density at radius 1 is 1.38 bits per heavy atom. The van der Waals surface area contributed by atoms with Gasteiger partial charge < -0.3 is 5.11 Å². The van der Waals surface area contributed by atoms with Crippen molar-refractivity contribution < 1.29 is 19.5 Å². The van der Waals surface area contributed by atoms with Gasteiger partial charge in [-0.3, -0.25) is 14.5 Å². The summed E-state index contributed by atoms with van der Waals surface area (Å²) in [6.45, 7) is 5.03. The lowest BCUT2D eigenvalue weighted by atomic mass is 9.88. The zero-order valence-corrected chi connectivity index (χ0v) is 13.6. The summed E-state index contributed by atoms with van der Waals surface area (Å²) in [5.41, 5.74) is -1.30. The summed E-state index contributed by atoms with van der Waals surface area (Å²) in [6.07, 6.45) is -0.253. The van der Waals surface area contributed by atoms with Crippen molar-refractivity contribution in [2.24, 2.45) is 10.9 Å². The van der Waals surface area contributed by atoms with Crippen LogP contribution >= 0.6 is 0 Å². The molecule has 1 fully saturated rings. The lowest BCUT2D eigenvalue weighted by Crippen LogP contribution is -2.52. The highest BCUT2D eigenvalue weighted by molar-refractivity contribution is 6.49. The molecule has 1 saturated heterocycles. The molecule has 0 aromatic heterocycles. The molecule has 124 valence electrons. The number of rotatable bonds is 4. The van der Waals surface area contributed by atoms with Crippen LogP contribution in [-0.4, -0.2) is 39.0 Å². The molecule has 0 aliphatic carbocycles. The Bertz CT molecular complexity index is 791. The van der Waals surface area contributed by atoms with Gasteiger partial charge in [-0.25, -0.2) is 9.79 Å². The van der Waals surface area contributed by atoms with E-state index in [0.717, 1.165) is 4.90 Å². The Morgan fingerprint density at radius 2 is 2.00 bits per heavy atom. The molecule has 0 spiro atoms. The summed E-state index contributed by atoms with van der Waals surface area (Å²) in [7, 11) is 0. The van der Waals surface area contributed by atoms with Crippen molar-refractivity contribution in [3.63, 3.8) is 0 Å². The number of nitrogens with zero attached hydrogens (tertiary/aromatic N) is 3. The molecule has 7 heteroatoms. The monoisotopic (exact) mass is 327 g/mol. The van der Waals surface area contributed by atoms with Crippen molar-refractivity contribution in [3.05, 3.63) is 29.8 Å². The highest BCUT2D eigenvalue weighted by Gasteiger charge is 2.48. The molecule has 1 aliphatic heterocycles. The SMILES string of the molecule is CC(C)C(C)(C#N)N1C(=O)CC(=Nc2ccccc2C(=O)O)C1=O. The Morgan fingerprint density at radius 3 is 2.54 bits per heavy atom. The Balaban J connectivity index is 2.47. The van der Waals surface area contributed by atoms with Crippen molar-refractivity contribution >= 4 is 29.2 Å². The molecule has 1 aromatic rings. The van der Waals surface area contributed by atoms with Gasteiger partial charge in [-0.15, -0.1) is 0 Å². The number of carbonyl (C=O) groups excluding carboxylic acids is 2. The summed E-state index contributed by atoms with van der Waals surface area (Å²) in [5.74, 6) is -2.60. The van der Waals surface area contributed by atoms with E-state index in [9.17, 15) is 24.8 Å². The van der Waals surface area contributed by atoms with Gasteiger partial charge in [-0.1, -0.05) is 26.0 Å². The van der Waals surface area contributed by atoms with Crippen molar-refractivity contribution in [3.8, 4) is 6.07 Å². The van der Waals surface area contributed by atoms with Crippen molar-refractivity contribution in [1.82, 2.24) is 4.90 Å². The normalized spacial score (nSPS) is 18.8. The molecular formula is C17H17N3O4. The fraction of sp³-hybridized carbons (Fsp3) is 0.353. The largest absolute Gasteiger partial charge is 0.478 e. The minimum absolute atomic E-state index is 0.0594. The van der Waals surface area contributed by atoms with Crippen molar-refractivity contribution in [1.29, 1.82) is 5.26 Å². The van der Waals surface area contributed by atoms with Crippen LogP contribution in [0.1, 0.15) is 37.6 Å². The highest BCUT2D eigenvalue weighted by atomic mass is 16.4. The van der Waals surface area contributed by atoms with E-state index in [0.29, 0.717) is 0 Å². The number of para-hydroxylation sites is 1. The average Bonchev–Trinajstić information content (AvgIpc) is 2.81. The molecule has 1 heterocycles. The van der Waals surface area contributed by atoms with E-state index in [1.54, 1.807) is 26.0 Å². The van der Waals surface area contributed by atoms with Crippen LogP contribution < -0.4 is 0 Å². The Kier molecular flexibility index (Phi) is 4.51. The minimum Gasteiger partial charge on any atom is -0.478 e. The first kappa shape index (κ1) is 17.3. The highest BCUT2D eigenvalue weighted by Crippen LogP contribution is 2.30. The van der Waals surface area contributed by atoms with E-state index >= 15 is 0 Å². The molecule has 1 N–H and O–H groups in total. The van der Waals surface area contributed by atoms with Gasteiger partial charge in [0.2, 0.25) is 5.91 Å². The van der Waals surface area contributed by atoms with Crippen LogP contribution in [0.2, 0.25) is 0 Å². The second kappa shape index (κ2) is 6.24. The number of hydrogen-bond donors (Lipinski definition) is 1. The Labute approximate surface area is 139 Å². The van der Waals surface area contributed by atoms with Gasteiger partial charge in [0, 0.05) is 0 Å². The van der Waals surface area contributed by atoms with Crippen LogP contribution in [0.3, 0.4) is 0 Å². The number of carbonyl (C=O) groups is 3. The van der Waals surface area contributed by atoms with E-state index in [4.69, 9.17) is 0 Å². The lowest BCUT2D eigenvalue weighted by molar-refractivity contribution is -0.143. The number of imide groups is 1. The molecular weight excluding hydrogens is 310 g/mol. The number of amides is 2. The van der Waals surface area contributed by atoms with Crippen LogP contribution in [0.5, 0.6) is 0 Å². The topological polar surface area (TPSA) is 111 Å². The van der Waals surface area contributed by atoms with Crippen LogP contribution in [0.25, 0.3) is 0 Å². The van der Waals surface area contributed by atoms with Gasteiger partial charge >= 0.3 is 5.97 Å². The number of carboxylic acids is 1. The quantitative estimate of drug-likeness (QED) is 0.852. The van der Waals surface area contributed by atoms with E-state index in [1.165, 1.54) is 19.1 Å². The molecule has 2 rings (SSSR count). The van der Waals surface area contributed by atoms with E-state index < -0.39 is 23.3 Å². The maximum atomic E-state index is 12.6. The number of carboxylic acid groups (broad SMARTS) is 1. The number of hydrogen-bond acceptors (Lipinski definition) is 5. The van der Waals surface area contributed by atoms with Gasteiger partial charge in [0.25, 0.3) is 5.91 Å². The summed E-state index contributed by atoms with van der Waals surface area (Å²) >= 11 is 0. The molecule has 24 heavy (non-hydrogen) atoms. The molecule has 1 aliphatic rings. The van der Waals surface area contributed by atoms with Gasteiger partial charge in [0.1, 0.15) is 11.3 Å². The third-order valence-electron chi connectivity index (χ3n) is 4.22. The maximum Gasteiger partial charge on any atom is 0.337 e. The molecule has 1 aromatic carbocycles. The van der Waals surface area contributed by atoms with E-state index in [1.807, 2.05) is 6.07 Å². The average molecular weight is 327 g/mol. The molecule has 0 radical (unpaired) electrons. The lowest BCUT2D eigenvalue weighted by Gasteiger charge is -2.33. The smallest absolute Gasteiger partial charge is 0.337 e. The van der Waals surface area contributed by atoms with Gasteiger partial charge in [-0.05, 0) is 25.0 Å². The van der Waals surface area contributed by atoms with Crippen molar-refractivity contribution in [2.75, 3.05) is 0 Å². The predicted molar refractivity (Wildman–Crippen MR) is 85.8 cm³/mol. The number of aliphatic imine (C=N–C) groups is 1. The molecule has 1 atom stereocenters. The Hall–Kier alpha value is -3.01. The first-order valence-electron chi connectivity index (χ1n) is 7.41. The number of benzene rings is 1. The summed E-state index contributed by atoms with van der Waals surface area (Å²) in [5, 5.41) is 18.6. The predicted octanol–water partition coefficient (Wildman–Crippen LogP) is 2.15. The molecule has 0 saturated carbocycles. The summed E-state index contributed by atoms with van der Waals surface area (Å²) < 4.78 is 0. The van der Waals surface area contributed by atoms with E-state index in [-0.39, 0.29) is 29.3 Å². The fourth-order valence-electron chi connectivity index (χ4n) is 2.43. The zero-order valence-electron chi connectivity index (χ0n) is 13.6.